The summed E-state index contributed by atoms with van der Waals surface area (Å²) in [6.07, 6.45) is -0.960. The molecule has 0 saturated carbocycles. The molecule has 1 aromatic carbocycles. The summed E-state index contributed by atoms with van der Waals surface area (Å²) in [5.41, 5.74) is 0. The third-order valence-corrected chi connectivity index (χ3v) is 4.48. The van der Waals surface area contributed by atoms with E-state index < -0.39 is 6.10 Å². The maximum absolute atomic E-state index is 12.4. The summed E-state index contributed by atoms with van der Waals surface area (Å²) in [4.78, 5) is 13.5. The van der Waals surface area contributed by atoms with Crippen molar-refractivity contribution in [1.82, 2.24) is 5.32 Å². The van der Waals surface area contributed by atoms with Gasteiger partial charge in [0.25, 0.3) is 5.91 Å². The molecular formula is C16H17NO3S. The highest BCUT2D eigenvalue weighted by Crippen LogP contribution is 2.33. The van der Waals surface area contributed by atoms with Crippen LogP contribution in [-0.2, 0) is 4.79 Å². The Balaban J connectivity index is 1.70. The second-order valence-electron chi connectivity index (χ2n) is 5.05. The SMILES string of the molecule is CC(NC(=O)C1Oc2ccccc2OC1C)c1cccs1. The van der Waals surface area contributed by atoms with Crippen LogP contribution in [0.4, 0.5) is 0 Å². The predicted octanol–water partition coefficient (Wildman–Crippen LogP) is 3.15. The molecule has 0 radical (unpaired) electrons. The van der Waals surface area contributed by atoms with Crippen molar-refractivity contribution in [2.75, 3.05) is 0 Å². The van der Waals surface area contributed by atoms with Crippen LogP contribution in [0.2, 0.25) is 0 Å². The molecule has 0 bridgehead atoms. The second-order valence-corrected chi connectivity index (χ2v) is 6.03. The molecule has 4 nitrogen and oxygen atoms in total. The molecule has 3 rings (SSSR count). The van der Waals surface area contributed by atoms with E-state index in [-0.39, 0.29) is 18.1 Å². The van der Waals surface area contributed by atoms with Gasteiger partial charge in [-0.1, -0.05) is 18.2 Å². The van der Waals surface area contributed by atoms with Gasteiger partial charge in [0, 0.05) is 4.88 Å². The average Bonchev–Trinajstić information content (AvgIpc) is 3.00. The van der Waals surface area contributed by atoms with Gasteiger partial charge in [-0.15, -0.1) is 11.3 Å². The van der Waals surface area contributed by atoms with Gasteiger partial charge in [0.1, 0.15) is 6.10 Å². The number of thiophene rings is 1. The first-order valence-electron chi connectivity index (χ1n) is 6.91. The van der Waals surface area contributed by atoms with Crippen LogP contribution in [0.25, 0.3) is 0 Å². The fourth-order valence-electron chi connectivity index (χ4n) is 2.31. The Labute approximate surface area is 127 Å². The molecule has 21 heavy (non-hydrogen) atoms. The van der Waals surface area contributed by atoms with Gasteiger partial charge < -0.3 is 14.8 Å². The molecule has 110 valence electrons. The first-order valence-corrected chi connectivity index (χ1v) is 7.79. The number of carbonyl (C=O) groups excluding carboxylic acids is 1. The summed E-state index contributed by atoms with van der Waals surface area (Å²) < 4.78 is 11.5. The molecule has 1 aliphatic rings. The number of amides is 1. The molecule has 3 atom stereocenters. The van der Waals surface area contributed by atoms with Gasteiger partial charge in [-0.2, -0.15) is 0 Å². The molecule has 2 heterocycles. The topological polar surface area (TPSA) is 47.6 Å². The van der Waals surface area contributed by atoms with Crippen LogP contribution in [0.5, 0.6) is 11.5 Å². The highest BCUT2D eigenvalue weighted by Gasteiger charge is 2.34. The van der Waals surface area contributed by atoms with Crippen molar-refractivity contribution >= 4 is 17.2 Å². The Morgan fingerprint density at radius 2 is 1.90 bits per heavy atom. The van der Waals surface area contributed by atoms with E-state index in [2.05, 4.69) is 5.32 Å². The minimum atomic E-state index is -0.637. The number of fused-ring (bicyclic) bond motifs is 1. The quantitative estimate of drug-likeness (QED) is 0.947. The molecule has 1 aromatic heterocycles. The Morgan fingerprint density at radius 3 is 2.57 bits per heavy atom. The van der Waals surface area contributed by atoms with Crippen molar-refractivity contribution < 1.29 is 14.3 Å². The predicted molar refractivity (Wildman–Crippen MR) is 81.8 cm³/mol. The molecule has 5 heteroatoms. The van der Waals surface area contributed by atoms with Crippen molar-refractivity contribution in [3.05, 3.63) is 46.7 Å². The number of rotatable bonds is 3. The maximum atomic E-state index is 12.4. The lowest BCUT2D eigenvalue weighted by molar-refractivity contribution is -0.134. The van der Waals surface area contributed by atoms with E-state index in [1.54, 1.807) is 11.3 Å². The zero-order valence-corrected chi connectivity index (χ0v) is 12.7. The number of ether oxygens (including phenoxy) is 2. The number of hydrogen-bond donors (Lipinski definition) is 1. The lowest BCUT2D eigenvalue weighted by atomic mass is 10.1. The maximum Gasteiger partial charge on any atom is 0.265 e. The van der Waals surface area contributed by atoms with Crippen molar-refractivity contribution in [3.63, 3.8) is 0 Å². The number of para-hydroxylation sites is 2. The van der Waals surface area contributed by atoms with Gasteiger partial charge in [-0.3, -0.25) is 4.79 Å². The van der Waals surface area contributed by atoms with Crippen LogP contribution < -0.4 is 14.8 Å². The highest BCUT2D eigenvalue weighted by atomic mass is 32.1. The molecule has 3 unspecified atom stereocenters. The first-order chi connectivity index (χ1) is 10.1. The van der Waals surface area contributed by atoms with Crippen LogP contribution in [0.1, 0.15) is 24.8 Å². The Hall–Kier alpha value is -2.01. The van der Waals surface area contributed by atoms with Crippen LogP contribution >= 0.6 is 11.3 Å². The van der Waals surface area contributed by atoms with E-state index in [1.165, 1.54) is 0 Å². The van der Waals surface area contributed by atoms with E-state index in [1.807, 2.05) is 55.6 Å². The zero-order chi connectivity index (χ0) is 14.8. The molecule has 0 aliphatic carbocycles. The van der Waals surface area contributed by atoms with Crippen LogP contribution in [0.3, 0.4) is 0 Å². The van der Waals surface area contributed by atoms with E-state index in [9.17, 15) is 4.79 Å². The zero-order valence-electron chi connectivity index (χ0n) is 11.9. The minimum absolute atomic E-state index is 0.0366. The van der Waals surface area contributed by atoms with E-state index in [0.29, 0.717) is 11.5 Å². The lowest BCUT2D eigenvalue weighted by Crippen LogP contribution is -2.49. The number of benzene rings is 1. The molecule has 0 spiro atoms. The third kappa shape index (κ3) is 2.88. The normalized spacial score (nSPS) is 21.6. The van der Waals surface area contributed by atoms with Gasteiger partial charge in [0.2, 0.25) is 6.10 Å². The molecule has 2 aromatic rings. The highest BCUT2D eigenvalue weighted by molar-refractivity contribution is 7.10. The van der Waals surface area contributed by atoms with Crippen LogP contribution in [-0.4, -0.2) is 18.1 Å². The second kappa shape index (κ2) is 5.77. The number of nitrogens with one attached hydrogen (secondary N) is 1. The standard InChI is InChI=1S/C16H17NO3S/c1-10(14-8-5-9-21-14)17-16(18)15-11(2)19-12-6-3-4-7-13(12)20-15/h3-11,15H,1-2H3,(H,17,18). The molecular weight excluding hydrogens is 286 g/mol. The van der Waals surface area contributed by atoms with E-state index >= 15 is 0 Å². The fourth-order valence-corrected chi connectivity index (χ4v) is 3.05. The van der Waals surface area contributed by atoms with Crippen LogP contribution in [0, 0.1) is 0 Å². The smallest absolute Gasteiger partial charge is 0.265 e. The van der Waals surface area contributed by atoms with Crippen molar-refractivity contribution in [2.45, 2.75) is 32.1 Å². The Bertz CT molecular complexity index is 626. The molecule has 0 saturated heterocycles. The summed E-state index contributed by atoms with van der Waals surface area (Å²) in [6.45, 7) is 3.81. The average molecular weight is 303 g/mol. The molecule has 1 amide bonds. The number of hydrogen-bond acceptors (Lipinski definition) is 4. The van der Waals surface area contributed by atoms with Gasteiger partial charge >= 0.3 is 0 Å². The van der Waals surface area contributed by atoms with Gasteiger partial charge in [0.05, 0.1) is 6.04 Å². The lowest BCUT2D eigenvalue weighted by Gasteiger charge is -2.31. The molecule has 1 aliphatic heterocycles. The Kier molecular flexibility index (Phi) is 3.84. The van der Waals surface area contributed by atoms with Crippen LogP contribution in [0.15, 0.2) is 41.8 Å². The van der Waals surface area contributed by atoms with Crippen molar-refractivity contribution in [3.8, 4) is 11.5 Å². The summed E-state index contributed by atoms with van der Waals surface area (Å²) in [5.74, 6) is 1.14. The largest absolute Gasteiger partial charge is 0.482 e. The summed E-state index contributed by atoms with van der Waals surface area (Å²) in [6, 6.07) is 11.3. The van der Waals surface area contributed by atoms with Crippen molar-refractivity contribution in [1.29, 1.82) is 0 Å². The summed E-state index contributed by atoms with van der Waals surface area (Å²) in [7, 11) is 0. The monoisotopic (exact) mass is 303 g/mol. The molecule has 0 fully saturated rings. The van der Waals surface area contributed by atoms with Gasteiger partial charge in [-0.05, 0) is 37.4 Å². The molecule has 1 N–H and O–H groups in total. The first kappa shape index (κ1) is 13.9. The van der Waals surface area contributed by atoms with E-state index in [4.69, 9.17) is 9.47 Å². The third-order valence-electron chi connectivity index (χ3n) is 3.43. The summed E-state index contributed by atoms with van der Waals surface area (Å²) >= 11 is 1.62. The van der Waals surface area contributed by atoms with Crippen molar-refractivity contribution in [2.24, 2.45) is 0 Å². The van der Waals surface area contributed by atoms with E-state index in [0.717, 1.165) is 4.88 Å². The minimum Gasteiger partial charge on any atom is -0.482 e. The Morgan fingerprint density at radius 1 is 1.19 bits per heavy atom. The van der Waals surface area contributed by atoms with Gasteiger partial charge in [-0.25, -0.2) is 0 Å². The number of carbonyl (C=O) groups is 1. The van der Waals surface area contributed by atoms with Gasteiger partial charge in [0.15, 0.2) is 11.5 Å². The summed E-state index contributed by atoms with van der Waals surface area (Å²) in [5, 5.41) is 4.98. The fraction of sp³-hybridized carbons (Fsp3) is 0.312.